The maximum absolute atomic E-state index is 11.0. The van der Waals surface area contributed by atoms with Crippen molar-refractivity contribution in [1.82, 2.24) is 0 Å². The Balaban J connectivity index is 3.53. The van der Waals surface area contributed by atoms with Crippen molar-refractivity contribution in [2.75, 3.05) is 13.2 Å². The minimum absolute atomic E-state index is 0.0106. The van der Waals surface area contributed by atoms with E-state index in [1.54, 1.807) is 6.08 Å². The molecule has 0 aromatic rings. The molecule has 0 aliphatic rings. The van der Waals surface area contributed by atoms with Crippen LogP contribution in [0.4, 0.5) is 0 Å². The van der Waals surface area contributed by atoms with Gasteiger partial charge in [-0.25, -0.2) is 4.79 Å². The first kappa shape index (κ1) is 11.2. The number of esters is 1. The molecule has 0 heterocycles. The number of hydrogen-bond donors (Lipinski definition) is 0. The Morgan fingerprint density at radius 2 is 2.08 bits per heavy atom. The molecular weight excluding hydrogens is 156 g/mol. The van der Waals surface area contributed by atoms with Crippen LogP contribution in [-0.4, -0.2) is 24.8 Å². The molecule has 0 radical (unpaired) electrons. The molecule has 0 rings (SSSR count). The molecular formula is C9H16O3. The lowest BCUT2D eigenvalue weighted by Crippen LogP contribution is -2.26. The molecule has 0 spiro atoms. The summed E-state index contributed by atoms with van der Waals surface area (Å²) in [4.78, 5) is 11.0. The zero-order valence-corrected chi connectivity index (χ0v) is 7.92. The largest absolute Gasteiger partial charge is 0.458 e. The van der Waals surface area contributed by atoms with Gasteiger partial charge in [-0.1, -0.05) is 6.08 Å². The van der Waals surface area contributed by atoms with Gasteiger partial charge in [0, 0.05) is 0 Å². The van der Waals surface area contributed by atoms with Crippen LogP contribution in [0.1, 0.15) is 20.8 Å². The van der Waals surface area contributed by atoms with E-state index in [2.05, 4.69) is 6.58 Å². The minimum Gasteiger partial charge on any atom is -0.458 e. The van der Waals surface area contributed by atoms with E-state index in [1.807, 2.05) is 20.8 Å². The zero-order valence-electron chi connectivity index (χ0n) is 7.92. The summed E-state index contributed by atoms with van der Waals surface area (Å²) in [6.07, 6.45) is 1.59. The topological polar surface area (TPSA) is 35.5 Å². The highest BCUT2D eigenvalue weighted by Gasteiger charge is 2.15. The fourth-order valence-electron chi connectivity index (χ4n) is 0.597. The quantitative estimate of drug-likeness (QED) is 0.366. The Morgan fingerprint density at radius 1 is 1.50 bits per heavy atom. The summed E-state index contributed by atoms with van der Waals surface area (Å²) < 4.78 is 9.88. The van der Waals surface area contributed by atoms with Crippen LogP contribution in [0, 0.1) is 0 Å². The highest BCUT2D eigenvalue weighted by Crippen LogP contribution is 2.06. The summed E-state index contributed by atoms with van der Waals surface area (Å²) in [5.74, 6) is -0.343. The Hall–Kier alpha value is -0.830. The first-order valence-electron chi connectivity index (χ1n) is 3.86. The van der Waals surface area contributed by atoms with Crippen LogP contribution in [0.25, 0.3) is 0 Å². The molecule has 0 amide bonds. The third-order valence-electron chi connectivity index (χ3n) is 0.876. The van der Waals surface area contributed by atoms with Gasteiger partial charge in [-0.3, -0.25) is 0 Å². The first-order valence-corrected chi connectivity index (χ1v) is 3.86. The van der Waals surface area contributed by atoms with Crippen molar-refractivity contribution >= 4 is 5.97 Å². The van der Waals surface area contributed by atoms with Crippen LogP contribution < -0.4 is 0 Å². The summed E-state index contributed by atoms with van der Waals surface area (Å²) in [5.41, 5.74) is -0.436. The molecule has 0 aliphatic heterocycles. The van der Waals surface area contributed by atoms with Gasteiger partial charge in [-0.15, -0.1) is 6.58 Å². The summed E-state index contributed by atoms with van der Waals surface area (Å²) in [6.45, 7) is 9.27. The van der Waals surface area contributed by atoms with E-state index in [9.17, 15) is 4.79 Å². The monoisotopic (exact) mass is 172 g/mol. The first-order chi connectivity index (χ1) is 5.45. The smallest absolute Gasteiger partial charge is 0.332 e. The van der Waals surface area contributed by atoms with Crippen LogP contribution >= 0.6 is 0 Å². The van der Waals surface area contributed by atoms with Gasteiger partial charge in [0.1, 0.15) is 12.2 Å². The van der Waals surface area contributed by atoms with Gasteiger partial charge < -0.3 is 9.47 Å². The van der Waals surface area contributed by atoms with Crippen LogP contribution in [0.15, 0.2) is 12.7 Å². The van der Waals surface area contributed by atoms with Gasteiger partial charge in [0.2, 0.25) is 0 Å². The van der Waals surface area contributed by atoms with Crippen molar-refractivity contribution in [3.8, 4) is 0 Å². The maximum atomic E-state index is 11.0. The molecule has 0 N–H and O–H groups in total. The van der Waals surface area contributed by atoms with Crippen molar-refractivity contribution in [2.45, 2.75) is 26.4 Å². The van der Waals surface area contributed by atoms with Crippen molar-refractivity contribution < 1.29 is 14.3 Å². The number of carbonyl (C=O) groups excluding carboxylic acids is 1. The molecule has 0 unspecified atom stereocenters. The van der Waals surface area contributed by atoms with E-state index in [0.717, 1.165) is 0 Å². The maximum Gasteiger partial charge on any atom is 0.332 e. The Bertz CT molecular complexity index is 156. The number of rotatable bonds is 4. The fourth-order valence-corrected chi connectivity index (χ4v) is 0.597. The summed E-state index contributed by atoms with van der Waals surface area (Å²) >= 11 is 0. The highest BCUT2D eigenvalue weighted by atomic mass is 16.6. The molecule has 0 aliphatic carbocycles. The summed E-state index contributed by atoms with van der Waals surface area (Å²) in [7, 11) is 0. The lowest BCUT2D eigenvalue weighted by molar-refractivity contribution is -0.159. The third kappa shape index (κ3) is 7.28. The lowest BCUT2D eigenvalue weighted by Gasteiger charge is -2.19. The molecule has 0 aromatic heterocycles. The number of hydrogen-bond acceptors (Lipinski definition) is 3. The standard InChI is InChI=1S/C9H16O3/c1-5-6-11-7-8(10)12-9(2,3)4/h5H,1,6-7H2,2-4H3. The number of ether oxygens (including phenoxy) is 2. The Morgan fingerprint density at radius 3 is 2.50 bits per heavy atom. The second kappa shape index (κ2) is 4.93. The van der Waals surface area contributed by atoms with Crippen molar-refractivity contribution in [3.05, 3.63) is 12.7 Å². The average Bonchev–Trinajstić information content (AvgIpc) is 1.84. The highest BCUT2D eigenvalue weighted by molar-refractivity contribution is 5.71. The van der Waals surface area contributed by atoms with Crippen LogP contribution in [0.2, 0.25) is 0 Å². The van der Waals surface area contributed by atoms with E-state index >= 15 is 0 Å². The van der Waals surface area contributed by atoms with E-state index in [4.69, 9.17) is 9.47 Å². The van der Waals surface area contributed by atoms with Gasteiger partial charge in [-0.05, 0) is 20.8 Å². The molecule has 0 fully saturated rings. The molecule has 0 saturated carbocycles. The molecule has 70 valence electrons. The van der Waals surface area contributed by atoms with Crippen molar-refractivity contribution in [1.29, 1.82) is 0 Å². The van der Waals surface area contributed by atoms with Gasteiger partial charge in [0.05, 0.1) is 6.61 Å². The minimum atomic E-state index is -0.436. The molecule has 3 heteroatoms. The molecule has 3 nitrogen and oxygen atoms in total. The van der Waals surface area contributed by atoms with Crippen molar-refractivity contribution in [3.63, 3.8) is 0 Å². The predicted octanol–water partition coefficient (Wildman–Crippen LogP) is 1.53. The average molecular weight is 172 g/mol. The SMILES string of the molecule is C=CCOCC(=O)OC(C)(C)C. The van der Waals surface area contributed by atoms with Gasteiger partial charge in [0.15, 0.2) is 0 Å². The molecule has 0 saturated heterocycles. The number of carbonyl (C=O) groups is 1. The second-order valence-electron chi connectivity index (χ2n) is 3.39. The fraction of sp³-hybridized carbons (Fsp3) is 0.667. The van der Waals surface area contributed by atoms with E-state index in [1.165, 1.54) is 0 Å². The predicted molar refractivity (Wildman–Crippen MR) is 46.9 cm³/mol. The van der Waals surface area contributed by atoms with Gasteiger partial charge in [0.25, 0.3) is 0 Å². The summed E-state index contributed by atoms with van der Waals surface area (Å²) in [5, 5.41) is 0. The van der Waals surface area contributed by atoms with Crippen LogP contribution in [-0.2, 0) is 14.3 Å². The zero-order chi connectivity index (χ0) is 9.61. The molecule has 0 atom stereocenters. The Kier molecular flexibility index (Phi) is 4.59. The normalized spacial score (nSPS) is 10.9. The van der Waals surface area contributed by atoms with Crippen LogP contribution in [0.3, 0.4) is 0 Å². The van der Waals surface area contributed by atoms with E-state index < -0.39 is 5.60 Å². The van der Waals surface area contributed by atoms with Gasteiger partial charge >= 0.3 is 5.97 Å². The Labute approximate surface area is 73.4 Å². The molecule has 0 aromatic carbocycles. The molecule has 12 heavy (non-hydrogen) atoms. The molecule has 0 bridgehead atoms. The van der Waals surface area contributed by atoms with E-state index in [0.29, 0.717) is 6.61 Å². The van der Waals surface area contributed by atoms with Crippen molar-refractivity contribution in [2.24, 2.45) is 0 Å². The second-order valence-corrected chi connectivity index (χ2v) is 3.39. The van der Waals surface area contributed by atoms with E-state index in [-0.39, 0.29) is 12.6 Å². The van der Waals surface area contributed by atoms with Crippen LogP contribution in [0.5, 0.6) is 0 Å². The summed E-state index contributed by atoms with van der Waals surface area (Å²) in [6, 6.07) is 0. The van der Waals surface area contributed by atoms with Gasteiger partial charge in [-0.2, -0.15) is 0 Å². The lowest BCUT2D eigenvalue weighted by atomic mass is 10.2. The third-order valence-corrected chi connectivity index (χ3v) is 0.876.